The molecular formula is C9H10N2O2. The van der Waals surface area contributed by atoms with Crippen LogP contribution in [0.25, 0.3) is 0 Å². The van der Waals surface area contributed by atoms with Crippen molar-refractivity contribution in [2.45, 2.75) is 13.3 Å². The number of fused-ring (bicyclic) bond motifs is 1. The summed E-state index contributed by atoms with van der Waals surface area (Å²) in [4.78, 5) is 10.2. The van der Waals surface area contributed by atoms with E-state index in [1.54, 1.807) is 12.1 Å². The molecule has 0 aliphatic carbocycles. The van der Waals surface area contributed by atoms with Crippen molar-refractivity contribution in [3.8, 4) is 0 Å². The highest BCUT2D eigenvalue weighted by atomic mass is 16.6. The van der Waals surface area contributed by atoms with Crippen molar-refractivity contribution >= 4 is 11.4 Å². The fourth-order valence-corrected chi connectivity index (χ4v) is 1.72. The Morgan fingerprint density at radius 3 is 3.00 bits per heavy atom. The van der Waals surface area contributed by atoms with Crippen molar-refractivity contribution in [2.75, 3.05) is 11.9 Å². The summed E-state index contributed by atoms with van der Waals surface area (Å²) in [5, 5.41) is 13.7. The fraction of sp³-hybridized carbons (Fsp3) is 0.333. The number of nitro groups is 1. The van der Waals surface area contributed by atoms with Crippen molar-refractivity contribution in [2.24, 2.45) is 0 Å². The zero-order valence-corrected chi connectivity index (χ0v) is 7.33. The predicted octanol–water partition coefficient (Wildman–Crippen LogP) is 1.87. The second kappa shape index (κ2) is 2.73. The summed E-state index contributed by atoms with van der Waals surface area (Å²) in [6, 6.07) is 3.24. The van der Waals surface area contributed by atoms with Gasteiger partial charge in [-0.25, -0.2) is 0 Å². The lowest BCUT2D eigenvalue weighted by atomic mass is 10.1. The van der Waals surface area contributed by atoms with Gasteiger partial charge in [-0.1, -0.05) is 0 Å². The van der Waals surface area contributed by atoms with Crippen LogP contribution < -0.4 is 5.32 Å². The van der Waals surface area contributed by atoms with Crippen molar-refractivity contribution in [1.82, 2.24) is 0 Å². The Kier molecular flexibility index (Phi) is 1.69. The molecule has 0 aromatic heterocycles. The number of benzene rings is 1. The van der Waals surface area contributed by atoms with E-state index in [1.807, 2.05) is 6.92 Å². The van der Waals surface area contributed by atoms with Crippen LogP contribution in [0, 0.1) is 17.0 Å². The van der Waals surface area contributed by atoms with Crippen molar-refractivity contribution in [3.05, 3.63) is 33.4 Å². The molecule has 0 unspecified atom stereocenters. The molecule has 0 saturated carbocycles. The van der Waals surface area contributed by atoms with Crippen LogP contribution in [0.15, 0.2) is 12.1 Å². The molecule has 0 amide bonds. The Morgan fingerprint density at radius 1 is 1.54 bits per heavy atom. The maximum absolute atomic E-state index is 10.5. The molecule has 1 aromatic rings. The highest BCUT2D eigenvalue weighted by Crippen LogP contribution is 2.29. The number of hydrogen-bond acceptors (Lipinski definition) is 3. The van der Waals surface area contributed by atoms with E-state index in [2.05, 4.69) is 5.32 Å². The molecule has 0 radical (unpaired) electrons. The minimum atomic E-state index is -0.354. The number of anilines is 1. The van der Waals surface area contributed by atoms with Gasteiger partial charge in [-0.15, -0.1) is 0 Å². The van der Waals surface area contributed by atoms with Crippen LogP contribution in [-0.2, 0) is 6.42 Å². The smallest absolute Gasteiger partial charge is 0.271 e. The number of nitrogens with one attached hydrogen (secondary N) is 1. The van der Waals surface area contributed by atoms with E-state index in [0.717, 1.165) is 24.2 Å². The van der Waals surface area contributed by atoms with Gasteiger partial charge in [0, 0.05) is 24.4 Å². The number of rotatable bonds is 1. The van der Waals surface area contributed by atoms with E-state index in [9.17, 15) is 10.1 Å². The summed E-state index contributed by atoms with van der Waals surface area (Å²) in [6.07, 6.45) is 0.971. The van der Waals surface area contributed by atoms with E-state index in [-0.39, 0.29) is 10.6 Å². The topological polar surface area (TPSA) is 55.2 Å². The lowest BCUT2D eigenvalue weighted by Gasteiger charge is -2.02. The van der Waals surface area contributed by atoms with Gasteiger partial charge in [0.25, 0.3) is 5.69 Å². The Morgan fingerprint density at radius 2 is 2.31 bits per heavy atom. The van der Waals surface area contributed by atoms with Gasteiger partial charge in [0.1, 0.15) is 0 Å². The standard InChI is InChI=1S/C9H10N2O2/c1-6-4-7(11(12)13)5-9-8(6)2-3-10-9/h4-5,10H,2-3H2,1H3. The average Bonchev–Trinajstić information content (AvgIpc) is 2.51. The Balaban J connectivity index is 2.55. The molecule has 1 N–H and O–H groups in total. The third-order valence-electron chi connectivity index (χ3n) is 2.36. The van der Waals surface area contributed by atoms with Gasteiger partial charge in [-0.05, 0) is 24.5 Å². The summed E-state index contributed by atoms with van der Waals surface area (Å²) >= 11 is 0. The normalized spacial score (nSPS) is 13.6. The lowest BCUT2D eigenvalue weighted by molar-refractivity contribution is -0.384. The van der Waals surface area contributed by atoms with Gasteiger partial charge in [0.15, 0.2) is 0 Å². The van der Waals surface area contributed by atoms with Crippen LogP contribution in [0.2, 0.25) is 0 Å². The number of nitrogens with zero attached hydrogens (tertiary/aromatic N) is 1. The molecule has 1 aromatic carbocycles. The van der Waals surface area contributed by atoms with E-state index in [0.29, 0.717) is 0 Å². The zero-order chi connectivity index (χ0) is 9.42. The van der Waals surface area contributed by atoms with E-state index >= 15 is 0 Å². The van der Waals surface area contributed by atoms with Crippen LogP contribution in [0.3, 0.4) is 0 Å². The Labute approximate surface area is 75.7 Å². The average molecular weight is 178 g/mol. The molecule has 13 heavy (non-hydrogen) atoms. The predicted molar refractivity (Wildman–Crippen MR) is 50.0 cm³/mol. The first-order chi connectivity index (χ1) is 6.18. The maximum atomic E-state index is 10.5. The minimum absolute atomic E-state index is 0.172. The number of nitro benzene ring substituents is 1. The highest BCUT2D eigenvalue weighted by Gasteiger charge is 2.17. The third kappa shape index (κ3) is 1.24. The van der Waals surface area contributed by atoms with Gasteiger partial charge < -0.3 is 5.32 Å². The number of hydrogen-bond donors (Lipinski definition) is 1. The summed E-state index contributed by atoms with van der Waals surface area (Å²) in [7, 11) is 0. The van der Waals surface area contributed by atoms with E-state index in [4.69, 9.17) is 0 Å². The molecule has 1 aliphatic heterocycles. The quantitative estimate of drug-likeness (QED) is 0.527. The molecular weight excluding hydrogens is 168 g/mol. The van der Waals surface area contributed by atoms with Crippen LogP contribution in [0.5, 0.6) is 0 Å². The number of aryl methyl sites for hydroxylation is 1. The van der Waals surface area contributed by atoms with Crippen LogP contribution in [0.1, 0.15) is 11.1 Å². The van der Waals surface area contributed by atoms with Gasteiger partial charge in [-0.3, -0.25) is 10.1 Å². The van der Waals surface area contributed by atoms with E-state index in [1.165, 1.54) is 5.56 Å². The minimum Gasteiger partial charge on any atom is -0.384 e. The lowest BCUT2D eigenvalue weighted by Crippen LogP contribution is -1.93. The first-order valence-corrected chi connectivity index (χ1v) is 4.20. The summed E-state index contributed by atoms with van der Waals surface area (Å²) < 4.78 is 0. The molecule has 0 fully saturated rings. The maximum Gasteiger partial charge on any atom is 0.271 e. The number of non-ortho nitro benzene ring substituents is 1. The summed E-state index contributed by atoms with van der Waals surface area (Å²) in [5.74, 6) is 0. The van der Waals surface area contributed by atoms with Crippen molar-refractivity contribution in [3.63, 3.8) is 0 Å². The molecule has 0 atom stereocenters. The zero-order valence-electron chi connectivity index (χ0n) is 7.33. The van der Waals surface area contributed by atoms with Crippen molar-refractivity contribution in [1.29, 1.82) is 0 Å². The molecule has 0 saturated heterocycles. The van der Waals surface area contributed by atoms with Crippen LogP contribution in [0.4, 0.5) is 11.4 Å². The van der Waals surface area contributed by atoms with E-state index < -0.39 is 0 Å². The van der Waals surface area contributed by atoms with Gasteiger partial charge in [-0.2, -0.15) is 0 Å². The third-order valence-corrected chi connectivity index (χ3v) is 2.36. The van der Waals surface area contributed by atoms with Gasteiger partial charge in [0.2, 0.25) is 0 Å². The molecule has 68 valence electrons. The summed E-state index contributed by atoms with van der Waals surface area (Å²) in [6.45, 7) is 2.80. The Bertz CT molecular complexity index is 374. The SMILES string of the molecule is Cc1cc([N+](=O)[O-])cc2c1CCN2. The first-order valence-electron chi connectivity index (χ1n) is 4.20. The Hall–Kier alpha value is -1.58. The molecule has 2 rings (SSSR count). The van der Waals surface area contributed by atoms with Gasteiger partial charge in [0.05, 0.1) is 4.92 Å². The van der Waals surface area contributed by atoms with Crippen LogP contribution in [-0.4, -0.2) is 11.5 Å². The van der Waals surface area contributed by atoms with Crippen molar-refractivity contribution < 1.29 is 4.92 Å². The first kappa shape index (κ1) is 8.04. The van der Waals surface area contributed by atoms with Crippen LogP contribution >= 0.6 is 0 Å². The highest BCUT2D eigenvalue weighted by molar-refractivity contribution is 5.63. The monoisotopic (exact) mass is 178 g/mol. The molecule has 4 nitrogen and oxygen atoms in total. The second-order valence-corrected chi connectivity index (χ2v) is 3.22. The van der Waals surface area contributed by atoms with Gasteiger partial charge >= 0.3 is 0 Å². The fourth-order valence-electron chi connectivity index (χ4n) is 1.72. The summed E-state index contributed by atoms with van der Waals surface area (Å²) in [5.41, 5.74) is 3.32. The molecule has 0 spiro atoms. The second-order valence-electron chi connectivity index (χ2n) is 3.22. The molecule has 1 aliphatic rings. The molecule has 1 heterocycles. The molecule has 4 heteroatoms. The largest absolute Gasteiger partial charge is 0.384 e. The molecule has 0 bridgehead atoms.